The van der Waals surface area contributed by atoms with Crippen LogP contribution in [-0.2, 0) is 4.74 Å². The molecule has 98 valence electrons. The van der Waals surface area contributed by atoms with Gasteiger partial charge in [-0.25, -0.2) is 0 Å². The van der Waals surface area contributed by atoms with Crippen molar-refractivity contribution in [1.82, 2.24) is 5.32 Å². The van der Waals surface area contributed by atoms with Gasteiger partial charge in [0.25, 0.3) is 0 Å². The van der Waals surface area contributed by atoms with Gasteiger partial charge in [0, 0.05) is 18.6 Å². The smallest absolute Gasteiger partial charge is 0.0529 e. The van der Waals surface area contributed by atoms with Crippen molar-refractivity contribution in [2.45, 2.75) is 59.8 Å². The molecule has 0 aromatic carbocycles. The molecule has 0 radical (unpaired) electrons. The van der Waals surface area contributed by atoms with Crippen LogP contribution in [0.2, 0.25) is 0 Å². The van der Waals surface area contributed by atoms with Crippen LogP contribution in [0.3, 0.4) is 0 Å². The van der Waals surface area contributed by atoms with Crippen LogP contribution in [0.4, 0.5) is 0 Å². The predicted octanol–water partition coefficient (Wildman–Crippen LogP) is 3.61. The minimum absolute atomic E-state index is 0.264. The summed E-state index contributed by atoms with van der Waals surface area (Å²) < 4.78 is 5.74. The molecule has 0 rings (SSSR count). The van der Waals surface area contributed by atoms with Crippen molar-refractivity contribution < 1.29 is 4.74 Å². The van der Waals surface area contributed by atoms with E-state index in [0.717, 1.165) is 26.3 Å². The minimum Gasteiger partial charge on any atom is -0.381 e. The lowest BCUT2D eigenvalue weighted by Crippen LogP contribution is -2.33. The molecule has 2 nitrogen and oxygen atoms in total. The number of ether oxygens (including phenoxy) is 1. The highest BCUT2D eigenvalue weighted by atomic mass is 16.5. The SMILES string of the molecule is CCCCCCOCC(C)(C)CNCCC. The van der Waals surface area contributed by atoms with Gasteiger partial charge in [-0.15, -0.1) is 0 Å². The topological polar surface area (TPSA) is 21.3 Å². The van der Waals surface area contributed by atoms with Gasteiger partial charge < -0.3 is 10.1 Å². The molecule has 2 heteroatoms. The third kappa shape index (κ3) is 10.4. The molecule has 0 amide bonds. The van der Waals surface area contributed by atoms with E-state index in [1.165, 1.54) is 32.1 Å². The summed E-state index contributed by atoms with van der Waals surface area (Å²) in [4.78, 5) is 0. The van der Waals surface area contributed by atoms with Gasteiger partial charge >= 0.3 is 0 Å². The van der Waals surface area contributed by atoms with Crippen molar-refractivity contribution in [2.24, 2.45) is 5.41 Å². The maximum absolute atomic E-state index is 5.74. The molecule has 0 spiro atoms. The highest BCUT2D eigenvalue weighted by Gasteiger charge is 2.17. The van der Waals surface area contributed by atoms with Crippen molar-refractivity contribution in [3.05, 3.63) is 0 Å². The molecule has 0 bridgehead atoms. The lowest BCUT2D eigenvalue weighted by Gasteiger charge is -2.24. The Bertz CT molecular complexity index is 146. The van der Waals surface area contributed by atoms with Crippen LogP contribution in [0.15, 0.2) is 0 Å². The van der Waals surface area contributed by atoms with Crippen molar-refractivity contribution in [1.29, 1.82) is 0 Å². The van der Waals surface area contributed by atoms with Crippen molar-refractivity contribution >= 4 is 0 Å². The van der Waals surface area contributed by atoms with E-state index in [2.05, 4.69) is 33.0 Å². The second-order valence-electron chi connectivity index (χ2n) is 5.45. The third-order valence-corrected chi connectivity index (χ3v) is 2.67. The van der Waals surface area contributed by atoms with Gasteiger partial charge in [0.2, 0.25) is 0 Å². The molecule has 0 aromatic heterocycles. The zero-order chi connectivity index (χ0) is 12.3. The number of unbranched alkanes of at least 4 members (excludes halogenated alkanes) is 3. The Hall–Kier alpha value is -0.0800. The van der Waals surface area contributed by atoms with Crippen molar-refractivity contribution in [2.75, 3.05) is 26.3 Å². The summed E-state index contributed by atoms with van der Waals surface area (Å²) >= 11 is 0. The normalized spacial score (nSPS) is 12.0. The van der Waals surface area contributed by atoms with Crippen LogP contribution in [0.1, 0.15) is 59.8 Å². The summed E-state index contributed by atoms with van der Waals surface area (Å²) in [7, 11) is 0. The largest absolute Gasteiger partial charge is 0.381 e. The highest BCUT2D eigenvalue weighted by molar-refractivity contribution is 4.70. The first-order valence-electron chi connectivity index (χ1n) is 6.91. The zero-order valence-corrected chi connectivity index (χ0v) is 11.8. The van der Waals surface area contributed by atoms with E-state index < -0.39 is 0 Å². The molecule has 0 atom stereocenters. The van der Waals surface area contributed by atoms with E-state index in [-0.39, 0.29) is 5.41 Å². The molecule has 1 N–H and O–H groups in total. The quantitative estimate of drug-likeness (QED) is 0.546. The Morgan fingerprint density at radius 1 is 1.00 bits per heavy atom. The Morgan fingerprint density at radius 3 is 2.38 bits per heavy atom. The highest BCUT2D eigenvalue weighted by Crippen LogP contribution is 2.14. The maximum Gasteiger partial charge on any atom is 0.0529 e. The van der Waals surface area contributed by atoms with Gasteiger partial charge in [0.15, 0.2) is 0 Å². The average molecular weight is 229 g/mol. The number of hydrogen-bond donors (Lipinski definition) is 1. The van der Waals surface area contributed by atoms with Crippen LogP contribution in [0.5, 0.6) is 0 Å². The summed E-state index contributed by atoms with van der Waals surface area (Å²) in [6.07, 6.45) is 6.36. The Morgan fingerprint density at radius 2 is 1.75 bits per heavy atom. The summed E-state index contributed by atoms with van der Waals surface area (Å²) in [5, 5.41) is 3.46. The van der Waals surface area contributed by atoms with E-state index in [0.29, 0.717) is 0 Å². The van der Waals surface area contributed by atoms with Gasteiger partial charge in [0.05, 0.1) is 6.61 Å². The summed E-state index contributed by atoms with van der Waals surface area (Å²) in [6, 6.07) is 0. The Kier molecular flexibility index (Phi) is 10.0. The second-order valence-corrected chi connectivity index (χ2v) is 5.45. The fourth-order valence-corrected chi connectivity index (χ4v) is 1.63. The summed E-state index contributed by atoms with van der Waals surface area (Å²) in [5.74, 6) is 0. The number of nitrogens with one attached hydrogen (secondary N) is 1. The standard InChI is InChI=1S/C14H31NO/c1-5-7-8-9-11-16-13-14(3,4)12-15-10-6-2/h15H,5-13H2,1-4H3. The average Bonchev–Trinajstić information content (AvgIpc) is 2.23. The van der Waals surface area contributed by atoms with E-state index in [4.69, 9.17) is 4.74 Å². The van der Waals surface area contributed by atoms with Crippen molar-refractivity contribution in [3.8, 4) is 0 Å². The first kappa shape index (κ1) is 15.9. The third-order valence-electron chi connectivity index (χ3n) is 2.67. The molecule has 0 aromatic rings. The molecule has 0 unspecified atom stereocenters. The molecular formula is C14H31NO. The van der Waals surface area contributed by atoms with Gasteiger partial charge in [-0.2, -0.15) is 0 Å². The first-order chi connectivity index (χ1) is 7.62. The monoisotopic (exact) mass is 229 g/mol. The van der Waals surface area contributed by atoms with E-state index >= 15 is 0 Å². The van der Waals surface area contributed by atoms with Crippen LogP contribution in [-0.4, -0.2) is 26.3 Å². The Balaban J connectivity index is 3.35. The van der Waals surface area contributed by atoms with Gasteiger partial charge in [-0.05, 0) is 19.4 Å². The molecule has 0 aliphatic carbocycles. The van der Waals surface area contributed by atoms with Gasteiger partial charge in [-0.1, -0.05) is 47.0 Å². The van der Waals surface area contributed by atoms with Crippen LogP contribution in [0, 0.1) is 5.41 Å². The molecular weight excluding hydrogens is 198 g/mol. The molecule has 0 heterocycles. The lowest BCUT2D eigenvalue weighted by molar-refractivity contribution is 0.0598. The predicted molar refractivity (Wildman–Crippen MR) is 71.9 cm³/mol. The maximum atomic E-state index is 5.74. The molecule has 0 aliphatic rings. The van der Waals surface area contributed by atoms with Crippen molar-refractivity contribution in [3.63, 3.8) is 0 Å². The molecule has 0 saturated heterocycles. The number of hydrogen-bond acceptors (Lipinski definition) is 2. The first-order valence-corrected chi connectivity index (χ1v) is 6.91. The molecule has 16 heavy (non-hydrogen) atoms. The minimum atomic E-state index is 0.264. The Labute approximate surface area is 102 Å². The van der Waals surface area contributed by atoms with E-state index in [1.807, 2.05) is 0 Å². The number of rotatable bonds is 11. The summed E-state index contributed by atoms with van der Waals surface area (Å²) in [6.45, 7) is 12.9. The fraction of sp³-hybridized carbons (Fsp3) is 1.00. The lowest BCUT2D eigenvalue weighted by atomic mass is 9.95. The zero-order valence-electron chi connectivity index (χ0n) is 11.8. The molecule has 0 aliphatic heterocycles. The summed E-state index contributed by atoms with van der Waals surface area (Å²) in [5.41, 5.74) is 0.264. The van der Waals surface area contributed by atoms with E-state index in [9.17, 15) is 0 Å². The van der Waals surface area contributed by atoms with Crippen LogP contribution in [0.25, 0.3) is 0 Å². The molecule has 0 saturated carbocycles. The van der Waals surface area contributed by atoms with Gasteiger partial charge in [0.1, 0.15) is 0 Å². The van der Waals surface area contributed by atoms with E-state index in [1.54, 1.807) is 0 Å². The second kappa shape index (κ2) is 10.1. The van der Waals surface area contributed by atoms with Crippen LogP contribution < -0.4 is 5.32 Å². The molecule has 0 fully saturated rings. The fourth-order valence-electron chi connectivity index (χ4n) is 1.63. The van der Waals surface area contributed by atoms with Gasteiger partial charge in [-0.3, -0.25) is 0 Å². The van der Waals surface area contributed by atoms with Crippen LogP contribution >= 0.6 is 0 Å².